The molecule has 0 bridgehead atoms. The summed E-state index contributed by atoms with van der Waals surface area (Å²) < 4.78 is 0. The first-order valence-corrected chi connectivity index (χ1v) is 26.9. The van der Waals surface area contributed by atoms with Crippen molar-refractivity contribution in [3.63, 3.8) is 0 Å². The first kappa shape index (κ1) is 60.7. The second-order valence-electron chi connectivity index (χ2n) is 18.6. The maximum Gasteiger partial charge on any atom is 0.242 e. The molecule has 3 fully saturated rings. The largest absolute Gasteiger partial charge is 0.354 e. The summed E-state index contributed by atoms with van der Waals surface area (Å²) in [5, 5.41) is 8.63. The fourth-order valence-electron chi connectivity index (χ4n) is 8.94. The van der Waals surface area contributed by atoms with Crippen LogP contribution in [0.15, 0.2) is 0 Å². The van der Waals surface area contributed by atoms with Crippen molar-refractivity contribution in [3.05, 3.63) is 0 Å². The standard InChI is InChI=1S/C21H41N3O2.C17H33N3O2.C13H25N3O2/c1-2-3-4-5-6-7-8-9-10-11-15-20(25)24-18-13-12-14-19(24)21(26)23-17-16-22;1-2-3-11-16(21)20-14-9-6-10-15(20)17(22)19-13-8-5-4-7-12-18;1-2-3-7-12(17)16-10-5-4-6-11(16)13(18)15-9-8-14/h19H,2-18,22H2,1H3,(H,23,26);15H,2-14,18H2,1H3,(H,19,22);11H,2-10,14H2,1H3,(H,15,18). The van der Waals surface area contributed by atoms with Crippen LogP contribution >= 0.6 is 0 Å². The number of hydrogen-bond acceptors (Lipinski definition) is 9. The molecule has 0 aliphatic carbocycles. The summed E-state index contributed by atoms with van der Waals surface area (Å²) in [6.45, 7) is 11.8. The van der Waals surface area contributed by atoms with E-state index in [1.807, 2.05) is 9.80 Å². The smallest absolute Gasteiger partial charge is 0.242 e. The minimum atomic E-state index is -0.286. The molecule has 66 heavy (non-hydrogen) atoms. The van der Waals surface area contributed by atoms with E-state index in [1.54, 1.807) is 4.90 Å². The van der Waals surface area contributed by atoms with Crippen LogP contribution in [0.3, 0.4) is 0 Å². The van der Waals surface area contributed by atoms with Crippen LogP contribution in [-0.4, -0.2) is 127 Å². The van der Waals surface area contributed by atoms with Crippen LogP contribution in [0.4, 0.5) is 0 Å². The van der Waals surface area contributed by atoms with Gasteiger partial charge >= 0.3 is 0 Å². The summed E-state index contributed by atoms with van der Waals surface area (Å²) in [7, 11) is 0. The van der Waals surface area contributed by atoms with Crippen LogP contribution in [0, 0.1) is 0 Å². The number of carbonyl (C=O) groups excluding carboxylic acids is 6. The highest BCUT2D eigenvalue weighted by atomic mass is 16.2. The zero-order valence-electron chi connectivity index (χ0n) is 42.3. The van der Waals surface area contributed by atoms with Crippen molar-refractivity contribution in [2.24, 2.45) is 17.2 Å². The van der Waals surface area contributed by atoms with Gasteiger partial charge in [-0.1, -0.05) is 104 Å². The molecule has 3 heterocycles. The molecule has 15 nitrogen and oxygen atoms in total. The van der Waals surface area contributed by atoms with Gasteiger partial charge in [0.25, 0.3) is 0 Å². The molecule has 3 rings (SSSR count). The number of rotatable bonds is 30. The van der Waals surface area contributed by atoms with E-state index in [4.69, 9.17) is 17.2 Å². The van der Waals surface area contributed by atoms with E-state index in [-0.39, 0.29) is 53.6 Å². The van der Waals surface area contributed by atoms with Gasteiger partial charge in [0.2, 0.25) is 35.4 Å². The Morgan fingerprint density at radius 3 is 1.06 bits per heavy atom. The third-order valence-electron chi connectivity index (χ3n) is 12.9. The normalized spacial score (nSPS) is 18.3. The van der Waals surface area contributed by atoms with Gasteiger partial charge in [-0.25, -0.2) is 0 Å². The minimum Gasteiger partial charge on any atom is -0.354 e. The lowest BCUT2D eigenvalue weighted by Gasteiger charge is -2.34. The molecule has 0 radical (unpaired) electrons. The number of unbranched alkanes of at least 4 members (excludes halogenated alkanes) is 14. The van der Waals surface area contributed by atoms with Gasteiger partial charge in [-0.15, -0.1) is 0 Å². The summed E-state index contributed by atoms with van der Waals surface area (Å²) in [6.07, 6.45) is 30.9. The summed E-state index contributed by atoms with van der Waals surface area (Å²) in [5.74, 6) is 0.353. The zero-order valence-corrected chi connectivity index (χ0v) is 42.3. The van der Waals surface area contributed by atoms with Gasteiger partial charge in [-0.3, -0.25) is 28.8 Å². The summed E-state index contributed by atoms with van der Waals surface area (Å²) in [5.41, 5.74) is 16.3. The molecule has 0 spiro atoms. The van der Waals surface area contributed by atoms with Gasteiger partial charge < -0.3 is 47.9 Å². The van der Waals surface area contributed by atoms with E-state index in [0.717, 1.165) is 142 Å². The molecule has 0 aromatic rings. The average molecular weight is 934 g/mol. The van der Waals surface area contributed by atoms with Crippen LogP contribution in [0.1, 0.15) is 213 Å². The molecular weight excluding hydrogens is 835 g/mol. The Bertz CT molecular complexity index is 1280. The first-order chi connectivity index (χ1) is 32.1. The van der Waals surface area contributed by atoms with Crippen molar-refractivity contribution in [2.75, 3.05) is 58.9 Å². The average Bonchev–Trinajstić information content (AvgIpc) is 3.35. The molecule has 3 atom stereocenters. The van der Waals surface area contributed by atoms with E-state index in [2.05, 4.69) is 36.7 Å². The van der Waals surface area contributed by atoms with Crippen molar-refractivity contribution in [1.29, 1.82) is 0 Å². The maximum atomic E-state index is 12.5. The number of nitrogens with zero attached hydrogens (tertiary/aromatic N) is 3. The van der Waals surface area contributed by atoms with E-state index >= 15 is 0 Å². The fraction of sp³-hybridized carbons (Fsp3) is 0.882. The third-order valence-corrected chi connectivity index (χ3v) is 12.9. The van der Waals surface area contributed by atoms with Gasteiger partial charge in [0, 0.05) is 71.6 Å². The summed E-state index contributed by atoms with van der Waals surface area (Å²) >= 11 is 0. The lowest BCUT2D eigenvalue weighted by Crippen LogP contribution is -2.52. The van der Waals surface area contributed by atoms with Crippen LogP contribution in [0.25, 0.3) is 0 Å². The molecule has 9 N–H and O–H groups in total. The highest BCUT2D eigenvalue weighted by Crippen LogP contribution is 2.22. The molecule has 0 aromatic carbocycles. The number of nitrogens with two attached hydrogens (primary N) is 3. The monoisotopic (exact) mass is 934 g/mol. The Labute approximate surface area is 401 Å². The Morgan fingerprint density at radius 1 is 0.379 bits per heavy atom. The van der Waals surface area contributed by atoms with Gasteiger partial charge in [0.15, 0.2) is 0 Å². The summed E-state index contributed by atoms with van der Waals surface area (Å²) in [6, 6.07) is -0.817. The second kappa shape index (κ2) is 40.7. The molecule has 15 heteroatoms. The van der Waals surface area contributed by atoms with Crippen molar-refractivity contribution in [2.45, 2.75) is 232 Å². The van der Waals surface area contributed by atoms with Gasteiger partial charge in [-0.05, 0) is 96.4 Å². The van der Waals surface area contributed by atoms with Crippen molar-refractivity contribution < 1.29 is 28.8 Å². The highest BCUT2D eigenvalue weighted by Gasteiger charge is 2.33. The van der Waals surface area contributed by atoms with E-state index in [1.165, 1.54) is 51.4 Å². The predicted molar refractivity (Wildman–Crippen MR) is 268 cm³/mol. The van der Waals surface area contributed by atoms with Gasteiger partial charge in [0.05, 0.1) is 0 Å². The number of hydrogen-bond donors (Lipinski definition) is 6. The Kier molecular flexibility index (Phi) is 37.5. The fourth-order valence-corrected chi connectivity index (χ4v) is 8.94. The molecular formula is C51H99N9O6. The van der Waals surface area contributed by atoms with E-state index in [9.17, 15) is 28.8 Å². The third kappa shape index (κ3) is 26.9. The Morgan fingerprint density at radius 2 is 0.697 bits per heavy atom. The molecule has 0 aromatic heterocycles. The van der Waals surface area contributed by atoms with E-state index in [0.29, 0.717) is 58.5 Å². The van der Waals surface area contributed by atoms with E-state index < -0.39 is 0 Å². The topological polar surface area (TPSA) is 226 Å². The lowest BCUT2D eigenvalue weighted by molar-refractivity contribution is -0.142. The SMILES string of the molecule is CCCCC(=O)N1CCCCC1C(=O)NCCCCCCN.CCCCC(=O)N1CCCCC1C(=O)NCCN.CCCCCCCCCCCCC(=O)N1CCCCC1C(=O)NCCN. The van der Waals surface area contributed by atoms with Crippen molar-refractivity contribution in [3.8, 4) is 0 Å². The lowest BCUT2D eigenvalue weighted by atomic mass is 10.00. The molecule has 384 valence electrons. The zero-order chi connectivity index (χ0) is 48.6. The quantitative estimate of drug-likeness (QED) is 0.0427. The molecule has 3 aliphatic rings. The van der Waals surface area contributed by atoms with Crippen LogP contribution in [0.2, 0.25) is 0 Å². The van der Waals surface area contributed by atoms with Crippen molar-refractivity contribution in [1.82, 2.24) is 30.7 Å². The van der Waals surface area contributed by atoms with Gasteiger partial charge in [0.1, 0.15) is 18.1 Å². The highest BCUT2D eigenvalue weighted by molar-refractivity contribution is 5.89. The first-order valence-electron chi connectivity index (χ1n) is 26.9. The molecule has 6 amide bonds. The maximum absolute atomic E-state index is 12.5. The number of nitrogens with one attached hydrogen (secondary N) is 3. The second-order valence-corrected chi connectivity index (χ2v) is 18.6. The van der Waals surface area contributed by atoms with Crippen molar-refractivity contribution >= 4 is 35.4 Å². The van der Waals surface area contributed by atoms with Crippen LogP contribution < -0.4 is 33.2 Å². The summed E-state index contributed by atoms with van der Waals surface area (Å²) in [4.78, 5) is 78.8. The number of likely N-dealkylation sites (tertiary alicyclic amines) is 3. The predicted octanol–water partition coefficient (Wildman–Crippen LogP) is 6.58. The molecule has 3 aliphatic heterocycles. The molecule has 3 unspecified atom stereocenters. The molecule has 0 saturated carbocycles. The minimum absolute atomic E-state index is 0.0309. The number of piperidine rings is 3. The number of carbonyl (C=O) groups is 6. The number of amides is 6. The van der Waals surface area contributed by atoms with Gasteiger partial charge in [-0.2, -0.15) is 0 Å². The molecule has 3 saturated heterocycles. The van der Waals surface area contributed by atoms with Crippen LogP contribution in [0.5, 0.6) is 0 Å². The Balaban J connectivity index is 0.000000503. The van der Waals surface area contributed by atoms with Crippen LogP contribution in [-0.2, 0) is 28.8 Å². The Hall–Kier alpha value is -3.30.